The van der Waals surface area contributed by atoms with Gasteiger partial charge in [-0.25, -0.2) is 4.98 Å². The quantitative estimate of drug-likeness (QED) is 0.816. The van der Waals surface area contributed by atoms with Gasteiger partial charge in [0.05, 0.1) is 22.8 Å². The van der Waals surface area contributed by atoms with Crippen LogP contribution >= 0.6 is 11.3 Å². The number of rotatable bonds is 3. The Labute approximate surface area is 128 Å². The number of aldehydes is 1. The highest BCUT2D eigenvalue weighted by Crippen LogP contribution is 2.33. The lowest BCUT2D eigenvalue weighted by Gasteiger charge is -2.37. The maximum atomic E-state index is 11.4. The summed E-state index contributed by atoms with van der Waals surface area (Å²) >= 11 is 1.45. The summed E-state index contributed by atoms with van der Waals surface area (Å²) in [4.78, 5) is 18.9. The van der Waals surface area contributed by atoms with Gasteiger partial charge in [-0.2, -0.15) is 0 Å². The molecule has 5 heteroatoms. The summed E-state index contributed by atoms with van der Waals surface area (Å²) in [5, 5.41) is 0.896. The molecule has 1 aliphatic rings. The molecular formula is C16H18N2O2S. The predicted molar refractivity (Wildman–Crippen MR) is 85.2 cm³/mol. The summed E-state index contributed by atoms with van der Waals surface area (Å²) < 4.78 is 5.73. The van der Waals surface area contributed by atoms with E-state index in [1.165, 1.54) is 11.3 Å². The van der Waals surface area contributed by atoms with E-state index in [1.807, 2.05) is 30.3 Å². The smallest absolute Gasteiger partial charge is 0.186 e. The molecule has 0 amide bonds. The first-order chi connectivity index (χ1) is 10.1. The fourth-order valence-corrected chi connectivity index (χ4v) is 3.44. The summed E-state index contributed by atoms with van der Waals surface area (Å²) in [6.07, 6.45) is 0.898. The second kappa shape index (κ2) is 5.58. The Morgan fingerprint density at radius 3 is 2.76 bits per heavy atom. The van der Waals surface area contributed by atoms with Gasteiger partial charge in [-0.3, -0.25) is 4.79 Å². The number of morpholine rings is 1. The van der Waals surface area contributed by atoms with Gasteiger partial charge in [-0.1, -0.05) is 41.7 Å². The van der Waals surface area contributed by atoms with E-state index in [-0.39, 0.29) is 5.60 Å². The molecule has 3 rings (SSSR count). The van der Waals surface area contributed by atoms with E-state index >= 15 is 0 Å². The first kappa shape index (κ1) is 14.2. The van der Waals surface area contributed by atoms with Crippen molar-refractivity contribution in [3.8, 4) is 11.3 Å². The molecule has 0 N–H and O–H groups in total. The molecule has 2 heterocycles. The predicted octanol–water partition coefficient (Wildman–Crippen LogP) is 3.24. The molecule has 0 radical (unpaired) electrons. The largest absolute Gasteiger partial charge is 0.372 e. The number of hydrogen-bond donors (Lipinski definition) is 0. The number of nitrogens with zero attached hydrogens (tertiary/aromatic N) is 2. The van der Waals surface area contributed by atoms with Crippen molar-refractivity contribution in [3.63, 3.8) is 0 Å². The summed E-state index contributed by atoms with van der Waals surface area (Å²) in [7, 11) is 0. The van der Waals surface area contributed by atoms with Gasteiger partial charge in [-0.05, 0) is 13.8 Å². The Morgan fingerprint density at radius 2 is 2.10 bits per heavy atom. The van der Waals surface area contributed by atoms with Gasteiger partial charge in [0.25, 0.3) is 0 Å². The second-order valence-corrected chi connectivity index (χ2v) is 6.73. The first-order valence-electron chi connectivity index (χ1n) is 6.99. The number of ether oxygens (including phenoxy) is 1. The third kappa shape index (κ3) is 2.99. The van der Waals surface area contributed by atoms with Crippen molar-refractivity contribution in [1.82, 2.24) is 4.98 Å². The summed E-state index contributed by atoms with van der Waals surface area (Å²) in [6.45, 7) is 6.43. The van der Waals surface area contributed by atoms with E-state index in [4.69, 9.17) is 9.72 Å². The molecule has 0 bridgehead atoms. The monoisotopic (exact) mass is 302 g/mol. The van der Waals surface area contributed by atoms with Gasteiger partial charge in [0, 0.05) is 18.7 Å². The van der Waals surface area contributed by atoms with Crippen molar-refractivity contribution in [2.24, 2.45) is 0 Å². The average Bonchev–Trinajstić information content (AvgIpc) is 2.91. The third-order valence-electron chi connectivity index (χ3n) is 3.49. The lowest BCUT2D eigenvalue weighted by atomic mass is 10.1. The molecule has 0 saturated carbocycles. The highest BCUT2D eigenvalue weighted by atomic mass is 32.1. The zero-order chi connectivity index (χ0) is 14.9. The van der Waals surface area contributed by atoms with Crippen LogP contribution in [-0.4, -0.2) is 36.6 Å². The molecule has 2 aromatic rings. The number of aromatic nitrogens is 1. The van der Waals surface area contributed by atoms with Gasteiger partial charge < -0.3 is 9.64 Å². The van der Waals surface area contributed by atoms with Crippen LogP contribution < -0.4 is 4.90 Å². The summed E-state index contributed by atoms with van der Waals surface area (Å²) in [5.41, 5.74) is 1.57. The van der Waals surface area contributed by atoms with Gasteiger partial charge in [0.15, 0.2) is 11.4 Å². The number of benzene rings is 1. The molecular weight excluding hydrogens is 284 g/mol. The molecule has 1 aromatic heterocycles. The number of carbonyl (C=O) groups excluding carboxylic acids is 1. The van der Waals surface area contributed by atoms with Crippen LogP contribution in [0.15, 0.2) is 30.3 Å². The van der Waals surface area contributed by atoms with Crippen molar-refractivity contribution < 1.29 is 9.53 Å². The van der Waals surface area contributed by atoms with Crippen LogP contribution in [0.3, 0.4) is 0 Å². The average molecular weight is 302 g/mol. The SMILES string of the molecule is CC1(C)CN(c2nc(-c3ccccc3)c(C=O)s2)CCO1. The molecule has 1 aromatic carbocycles. The molecule has 0 atom stereocenters. The van der Waals surface area contributed by atoms with Crippen LogP contribution in [0.2, 0.25) is 0 Å². The number of hydrogen-bond acceptors (Lipinski definition) is 5. The number of anilines is 1. The Balaban J connectivity index is 1.95. The molecule has 110 valence electrons. The lowest BCUT2D eigenvalue weighted by Crippen LogP contribution is -2.48. The van der Waals surface area contributed by atoms with Gasteiger partial charge >= 0.3 is 0 Å². The van der Waals surface area contributed by atoms with Crippen LogP contribution in [0.5, 0.6) is 0 Å². The van der Waals surface area contributed by atoms with E-state index in [9.17, 15) is 4.79 Å². The van der Waals surface area contributed by atoms with E-state index in [0.29, 0.717) is 11.5 Å². The van der Waals surface area contributed by atoms with Crippen molar-refractivity contribution in [2.75, 3.05) is 24.6 Å². The number of carbonyl (C=O) groups is 1. The second-order valence-electron chi connectivity index (χ2n) is 5.72. The van der Waals surface area contributed by atoms with Crippen LogP contribution in [-0.2, 0) is 4.74 Å². The third-order valence-corrected chi connectivity index (χ3v) is 4.53. The highest BCUT2D eigenvalue weighted by molar-refractivity contribution is 7.17. The molecule has 1 fully saturated rings. The van der Waals surface area contributed by atoms with Crippen molar-refractivity contribution in [3.05, 3.63) is 35.2 Å². The zero-order valence-corrected chi connectivity index (χ0v) is 13.0. The minimum absolute atomic E-state index is 0.182. The normalized spacial score (nSPS) is 17.7. The first-order valence-corrected chi connectivity index (χ1v) is 7.81. The fourth-order valence-electron chi connectivity index (χ4n) is 2.52. The van der Waals surface area contributed by atoms with Gasteiger partial charge in [-0.15, -0.1) is 0 Å². The Bertz CT molecular complexity index is 637. The van der Waals surface area contributed by atoms with Gasteiger partial charge in [0.1, 0.15) is 0 Å². The van der Waals surface area contributed by atoms with Gasteiger partial charge in [0.2, 0.25) is 0 Å². The van der Waals surface area contributed by atoms with Crippen LogP contribution in [0, 0.1) is 0 Å². The molecule has 1 aliphatic heterocycles. The minimum atomic E-state index is -0.182. The van der Waals surface area contributed by atoms with Crippen LogP contribution in [0.4, 0.5) is 5.13 Å². The Morgan fingerprint density at radius 1 is 1.33 bits per heavy atom. The molecule has 0 unspecified atom stereocenters. The molecule has 21 heavy (non-hydrogen) atoms. The Kier molecular flexibility index (Phi) is 3.78. The minimum Gasteiger partial charge on any atom is -0.372 e. The maximum Gasteiger partial charge on any atom is 0.186 e. The van der Waals surface area contributed by atoms with E-state index in [0.717, 1.165) is 35.8 Å². The zero-order valence-electron chi connectivity index (χ0n) is 12.2. The summed E-state index contributed by atoms with van der Waals surface area (Å²) in [5.74, 6) is 0. The topological polar surface area (TPSA) is 42.4 Å². The van der Waals surface area contributed by atoms with E-state index in [2.05, 4.69) is 18.7 Å². The molecule has 0 spiro atoms. The maximum absolute atomic E-state index is 11.4. The van der Waals surface area contributed by atoms with Crippen molar-refractivity contribution >= 4 is 22.8 Å². The molecule has 0 aliphatic carbocycles. The molecule has 4 nitrogen and oxygen atoms in total. The van der Waals surface area contributed by atoms with Crippen molar-refractivity contribution in [1.29, 1.82) is 0 Å². The van der Waals surface area contributed by atoms with Crippen LogP contribution in [0.1, 0.15) is 23.5 Å². The standard InChI is InChI=1S/C16H18N2O2S/c1-16(2)11-18(8-9-20-16)15-17-14(13(10-19)21-15)12-6-4-3-5-7-12/h3-7,10H,8-9,11H2,1-2H3. The molecule has 1 saturated heterocycles. The summed E-state index contributed by atoms with van der Waals surface area (Å²) in [6, 6.07) is 9.84. The van der Waals surface area contributed by atoms with Crippen LogP contribution in [0.25, 0.3) is 11.3 Å². The van der Waals surface area contributed by atoms with E-state index in [1.54, 1.807) is 0 Å². The highest BCUT2D eigenvalue weighted by Gasteiger charge is 2.29. The fraction of sp³-hybridized carbons (Fsp3) is 0.375. The van der Waals surface area contributed by atoms with E-state index < -0.39 is 0 Å². The van der Waals surface area contributed by atoms with Crippen molar-refractivity contribution in [2.45, 2.75) is 19.4 Å². The number of thiazole rings is 1. The lowest BCUT2D eigenvalue weighted by molar-refractivity contribution is -0.0276. The Hall–Kier alpha value is -1.72.